The molecule has 0 unspecified atom stereocenters. The number of amides is 1. The highest BCUT2D eigenvalue weighted by molar-refractivity contribution is 7.17. The Hall–Kier alpha value is -2.52. The van der Waals surface area contributed by atoms with E-state index in [-0.39, 0.29) is 11.3 Å². The zero-order chi connectivity index (χ0) is 18.5. The fourth-order valence-electron chi connectivity index (χ4n) is 2.55. The highest BCUT2D eigenvalue weighted by Gasteiger charge is 2.17. The van der Waals surface area contributed by atoms with Crippen molar-refractivity contribution in [2.75, 3.05) is 18.0 Å². The van der Waals surface area contributed by atoms with Crippen LogP contribution in [0.5, 0.6) is 0 Å². The van der Waals surface area contributed by atoms with Crippen LogP contribution in [-0.2, 0) is 0 Å². The van der Waals surface area contributed by atoms with Crippen LogP contribution in [0.25, 0.3) is 0 Å². The maximum absolute atomic E-state index is 12.0. The first-order valence-electron chi connectivity index (χ1n) is 8.04. The number of halogens is 1. The third-order valence-corrected chi connectivity index (χ3v) is 5.36. The Morgan fingerprint density at radius 1 is 1.31 bits per heavy atom. The van der Waals surface area contributed by atoms with Gasteiger partial charge in [0.1, 0.15) is 0 Å². The molecule has 8 nitrogen and oxygen atoms in total. The second-order valence-corrected chi connectivity index (χ2v) is 7.07. The van der Waals surface area contributed by atoms with Gasteiger partial charge in [-0.25, -0.2) is 10.4 Å². The van der Waals surface area contributed by atoms with Crippen molar-refractivity contribution >= 4 is 45.9 Å². The number of aromatic nitrogens is 1. The number of benzene rings is 1. The van der Waals surface area contributed by atoms with Crippen molar-refractivity contribution in [2.24, 2.45) is 5.10 Å². The smallest absolute Gasteiger partial charge is 0.271 e. The molecule has 1 aromatic heterocycles. The first-order chi connectivity index (χ1) is 12.5. The van der Waals surface area contributed by atoms with Gasteiger partial charge in [-0.05, 0) is 31.4 Å². The number of non-ortho nitro benzene ring substituents is 1. The van der Waals surface area contributed by atoms with Gasteiger partial charge >= 0.3 is 0 Å². The third-order valence-electron chi connectivity index (χ3n) is 3.91. The first kappa shape index (κ1) is 18.3. The maximum Gasteiger partial charge on any atom is 0.271 e. The summed E-state index contributed by atoms with van der Waals surface area (Å²) in [5, 5.41) is 15.7. The minimum absolute atomic E-state index is 0.0771. The molecular formula is C16H16ClN5O3S. The molecule has 3 rings (SSSR count). The van der Waals surface area contributed by atoms with E-state index in [9.17, 15) is 14.9 Å². The molecule has 1 fully saturated rings. The zero-order valence-corrected chi connectivity index (χ0v) is 15.3. The quantitative estimate of drug-likeness (QED) is 0.476. The van der Waals surface area contributed by atoms with Gasteiger partial charge in [0.25, 0.3) is 11.6 Å². The van der Waals surface area contributed by atoms with Crippen LogP contribution in [0.2, 0.25) is 5.15 Å². The minimum Gasteiger partial charge on any atom is -0.348 e. The number of hydrogen-bond acceptors (Lipinski definition) is 7. The van der Waals surface area contributed by atoms with Gasteiger partial charge in [-0.2, -0.15) is 5.10 Å². The van der Waals surface area contributed by atoms with E-state index in [1.165, 1.54) is 48.2 Å². The molecule has 26 heavy (non-hydrogen) atoms. The number of rotatable bonds is 5. The fourth-order valence-corrected chi connectivity index (χ4v) is 3.73. The maximum atomic E-state index is 12.0. The lowest BCUT2D eigenvalue weighted by atomic mass is 10.1. The zero-order valence-electron chi connectivity index (χ0n) is 13.7. The highest BCUT2D eigenvalue weighted by Crippen LogP contribution is 2.30. The molecule has 1 aromatic carbocycles. The summed E-state index contributed by atoms with van der Waals surface area (Å²) in [5.74, 6) is -0.465. The van der Waals surface area contributed by atoms with Gasteiger partial charge in [-0.3, -0.25) is 14.9 Å². The Morgan fingerprint density at radius 3 is 2.65 bits per heavy atom. The largest absolute Gasteiger partial charge is 0.348 e. The van der Waals surface area contributed by atoms with E-state index in [0.29, 0.717) is 10.0 Å². The van der Waals surface area contributed by atoms with Crippen LogP contribution < -0.4 is 10.3 Å². The van der Waals surface area contributed by atoms with Crippen molar-refractivity contribution in [1.82, 2.24) is 10.4 Å². The van der Waals surface area contributed by atoms with Crippen LogP contribution in [0.1, 0.15) is 34.5 Å². The molecule has 1 N–H and O–H groups in total. The normalized spacial score (nSPS) is 14.6. The molecule has 0 saturated carbocycles. The standard InChI is InChI=1S/C16H16ClN5O3S/c17-14-13(26-16(19-14)21-8-2-1-3-9-21)10-18-20-15(23)11-4-6-12(7-5-11)22(24)25/h4-7,10H,1-3,8-9H2,(H,20,23)/b18-10-. The number of nitrogens with zero attached hydrogens (tertiary/aromatic N) is 4. The van der Waals surface area contributed by atoms with Gasteiger partial charge in [0, 0.05) is 30.8 Å². The molecule has 0 bridgehead atoms. The van der Waals surface area contributed by atoms with Crippen LogP contribution in [0.15, 0.2) is 29.4 Å². The minimum atomic E-state index is -0.522. The molecule has 1 saturated heterocycles. The number of thiazole rings is 1. The molecule has 0 aliphatic carbocycles. The predicted octanol–water partition coefficient (Wildman–Crippen LogP) is 3.46. The van der Waals surface area contributed by atoms with E-state index in [1.54, 1.807) is 0 Å². The van der Waals surface area contributed by atoms with E-state index in [1.807, 2.05) is 0 Å². The second kappa shape index (κ2) is 8.24. The molecule has 136 valence electrons. The summed E-state index contributed by atoms with van der Waals surface area (Å²) in [6.07, 6.45) is 4.98. The Bertz CT molecular complexity index is 831. The monoisotopic (exact) mass is 393 g/mol. The number of hydrazone groups is 1. The molecule has 10 heteroatoms. The highest BCUT2D eigenvalue weighted by atomic mass is 35.5. The number of hydrogen-bond donors (Lipinski definition) is 1. The Morgan fingerprint density at radius 2 is 2.00 bits per heavy atom. The van der Waals surface area contributed by atoms with Gasteiger partial charge in [-0.1, -0.05) is 22.9 Å². The molecule has 2 aromatic rings. The summed E-state index contributed by atoms with van der Waals surface area (Å²) >= 11 is 7.57. The second-order valence-electron chi connectivity index (χ2n) is 5.70. The number of carbonyl (C=O) groups excluding carboxylic acids is 1. The molecule has 0 atom stereocenters. The molecule has 2 heterocycles. The Balaban J connectivity index is 1.62. The fraction of sp³-hybridized carbons (Fsp3) is 0.312. The van der Waals surface area contributed by atoms with Crippen LogP contribution in [-0.4, -0.2) is 35.1 Å². The molecule has 1 aliphatic rings. The van der Waals surface area contributed by atoms with Gasteiger partial charge in [0.05, 0.1) is 16.0 Å². The van der Waals surface area contributed by atoms with E-state index >= 15 is 0 Å². The molecule has 0 radical (unpaired) electrons. The number of nitrogens with one attached hydrogen (secondary N) is 1. The van der Waals surface area contributed by atoms with E-state index in [4.69, 9.17) is 11.6 Å². The molecule has 1 amide bonds. The molecule has 1 aliphatic heterocycles. The lowest BCUT2D eigenvalue weighted by Crippen LogP contribution is -2.29. The Labute approximate surface area is 158 Å². The number of piperidine rings is 1. The number of carbonyl (C=O) groups is 1. The van der Waals surface area contributed by atoms with E-state index in [2.05, 4.69) is 20.4 Å². The van der Waals surface area contributed by atoms with Crippen LogP contribution >= 0.6 is 22.9 Å². The van der Waals surface area contributed by atoms with Crippen molar-refractivity contribution in [1.29, 1.82) is 0 Å². The summed E-state index contributed by atoms with van der Waals surface area (Å²) in [4.78, 5) is 29.3. The number of nitro groups is 1. The summed E-state index contributed by atoms with van der Waals surface area (Å²) < 4.78 is 0. The SMILES string of the molecule is O=C(N/N=C\c1sc(N2CCCCC2)nc1Cl)c1ccc([N+](=O)[O-])cc1. The van der Waals surface area contributed by atoms with Crippen LogP contribution in [0.4, 0.5) is 10.8 Å². The first-order valence-corrected chi connectivity index (χ1v) is 9.23. The lowest BCUT2D eigenvalue weighted by molar-refractivity contribution is -0.384. The third kappa shape index (κ3) is 4.36. The van der Waals surface area contributed by atoms with Crippen LogP contribution in [0.3, 0.4) is 0 Å². The predicted molar refractivity (Wildman–Crippen MR) is 101 cm³/mol. The summed E-state index contributed by atoms with van der Waals surface area (Å²) in [6, 6.07) is 5.28. The summed E-state index contributed by atoms with van der Waals surface area (Å²) in [6.45, 7) is 1.94. The van der Waals surface area contributed by atoms with Gasteiger partial charge < -0.3 is 4.90 Å². The van der Waals surface area contributed by atoms with Crippen molar-refractivity contribution in [3.05, 3.63) is 50.0 Å². The van der Waals surface area contributed by atoms with Crippen molar-refractivity contribution in [3.63, 3.8) is 0 Å². The summed E-state index contributed by atoms with van der Waals surface area (Å²) in [7, 11) is 0. The van der Waals surface area contributed by atoms with E-state index < -0.39 is 10.8 Å². The number of nitro benzene ring substituents is 1. The molecular weight excluding hydrogens is 378 g/mol. The van der Waals surface area contributed by atoms with E-state index in [0.717, 1.165) is 31.1 Å². The number of anilines is 1. The average molecular weight is 394 g/mol. The van der Waals surface area contributed by atoms with Crippen molar-refractivity contribution < 1.29 is 9.72 Å². The van der Waals surface area contributed by atoms with Gasteiger partial charge in [-0.15, -0.1) is 0 Å². The topological polar surface area (TPSA) is 101 Å². The molecule has 0 spiro atoms. The summed E-state index contributed by atoms with van der Waals surface area (Å²) in [5.41, 5.74) is 2.58. The Kier molecular flexibility index (Phi) is 5.79. The van der Waals surface area contributed by atoms with Crippen molar-refractivity contribution in [3.8, 4) is 0 Å². The lowest BCUT2D eigenvalue weighted by Gasteiger charge is -2.25. The van der Waals surface area contributed by atoms with Crippen LogP contribution in [0, 0.1) is 10.1 Å². The van der Waals surface area contributed by atoms with Gasteiger partial charge in [0.15, 0.2) is 10.3 Å². The van der Waals surface area contributed by atoms with Crippen molar-refractivity contribution in [2.45, 2.75) is 19.3 Å². The van der Waals surface area contributed by atoms with Gasteiger partial charge in [0.2, 0.25) is 0 Å². The average Bonchev–Trinajstić information content (AvgIpc) is 3.03.